The van der Waals surface area contributed by atoms with Crippen LogP contribution in [0.25, 0.3) is 0 Å². The highest BCUT2D eigenvalue weighted by molar-refractivity contribution is 6.01. The van der Waals surface area contributed by atoms with Gasteiger partial charge in [-0.3, -0.25) is 4.79 Å². The van der Waals surface area contributed by atoms with E-state index in [9.17, 15) is 9.59 Å². The van der Waals surface area contributed by atoms with E-state index < -0.39 is 12.1 Å². The lowest BCUT2D eigenvalue weighted by Gasteiger charge is -2.17. The Kier molecular flexibility index (Phi) is 4.62. The molecule has 26 heavy (non-hydrogen) atoms. The normalized spacial score (nSPS) is 16.5. The van der Waals surface area contributed by atoms with E-state index in [4.69, 9.17) is 4.74 Å². The van der Waals surface area contributed by atoms with E-state index in [1.54, 1.807) is 6.92 Å². The van der Waals surface area contributed by atoms with Crippen molar-refractivity contribution in [2.45, 2.75) is 58.0 Å². The molecule has 0 radical (unpaired) electrons. The van der Waals surface area contributed by atoms with Gasteiger partial charge in [-0.25, -0.2) is 4.79 Å². The topological polar surface area (TPSA) is 43.4 Å². The molecule has 0 N–H and O–H groups in total. The molecular weight excluding hydrogens is 324 g/mol. The van der Waals surface area contributed by atoms with Gasteiger partial charge in [0.2, 0.25) is 5.78 Å². The number of ketones is 1. The van der Waals surface area contributed by atoms with Crippen molar-refractivity contribution in [3.05, 3.63) is 69.8 Å². The summed E-state index contributed by atoms with van der Waals surface area (Å²) in [5.41, 5.74) is 6.33. The van der Waals surface area contributed by atoms with E-state index in [0.717, 1.165) is 32.1 Å². The Bertz CT molecular complexity index is 866. The van der Waals surface area contributed by atoms with Crippen molar-refractivity contribution in [3.63, 3.8) is 0 Å². The molecule has 0 saturated heterocycles. The van der Waals surface area contributed by atoms with Crippen LogP contribution in [-0.4, -0.2) is 17.9 Å². The molecule has 0 amide bonds. The molecule has 2 aliphatic rings. The quantitative estimate of drug-likeness (QED) is 0.604. The largest absolute Gasteiger partial charge is 0.451 e. The Morgan fingerprint density at radius 1 is 0.769 bits per heavy atom. The van der Waals surface area contributed by atoms with Gasteiger partial charge in [-0.05, 0) is 92.3 Å². The molecule has 4 rings (SSSR count). The molecule has 0 fully saturated rings. The maximum atomic E-state index is 12.7. The van der Waals surface area contributed by atoms with Crippen LogP contribution in [0.4, 0.5) is 0 Å². The van der Waals surface area contributed by atoms with Gasteiger partial charge in [0.25, 0.3) is 0 Å². The third kappa shape index (κ3) is 3.31. The number of carbonyl (C=O) groups excluding carboxylic acids is 2. The van der Waals surface area contributed by atoms with Crippen LogP contribution in [0.5, 0.6) is 0 Å². The summed E-state index contributed by atoms with van der Waals surface area (Å²) in [6, 6.07) is 11.6. The Hall–Kier alpha value is -2.42. The predicted octanol–water partition coefficient (Wildman–Crippen LogP) is 4.48. The van der Waals surface area contributed by atoms with Crippen molar-refractivity contribution in [1.29, 1.82) is 0 Å². The number of hydrogen-bond acceptors (Lipinski definition) is 3. The number of aryl methyl sites for hydroxylation is 4. The zero-order valence-corrected chi connectivity index (χ0v) is 15.2. The van der Waals surface area contributed by atoms with Gasteiger partial charge in [-0.15, -0.1) is 0 Å². The lowest BCUT2D eigenvalue weighted by atomic mass is 9.90. The summed E-state index contributed by atoms with van der Waals surface area (Å²) in [6.07, 6.45) is 6.96. The molecule has 0 bridgehead atoms. The van der Waals surface area contributed by atoms with Crippen molar-refractivity contribution in [3.8, 4) is 0 Å². The number of benzene rings is 2. The minimum absolute atomic E-state index is 0.133. The van der Waals surface area contributed by atoms with Crippen molar-refractivity contribution in [1.82, 2.24) is 0 Å². The third-order valence-electron chi connectivity index (χ3n) is 5.62. The summed E-state index contributed by atoms with van der Waals surface area (Å²) < 4.78 is 5.47. The highest BCUT2D eigenvalue weighted by Gasteiger charge is 2.23. The van der Waals surface area contributed by atoms with E-state index in [1.807, 2.05) is 36.4 Å². The van der Waals surface area contributed by atoms with Crippen LogP contribution in [0.1, 0.15) is 69.2 Å². The summed E-state index contributed by atoms with van der Waals surface area (Å²) in [4.78, 5) is 25.2. The van der Waals surface area contributed by atoms with Gasteiger partial charge in [0.1, 0.15) is 0 Å². The van der Waals surface area contributed by atoms with Crippen LogP contribution >= 0.6 is 0 Å². The molecule has 0 heterocycles. The van der Waals surface area contributed by atoms with Gasteiger partial charge in [0.05, 0.1) is 5.56 Å². The highest BCUT2D eigenvalue weighted by atomic mass is 16.5. The van der Waals surface area contributed by atoms with E-state index in [2.05, 4.69) is 0 Å². The van der Waals surface area contributed by atoms with Crippen LogP contribution in [0, 0.1) is 0 Å². The Labute approximate surface area is 154 Å². The molecule has 0 aliphatic heterocycles. The monoisotopic (exact) mass is 348 g/mol. The smallest absolute Gasteiger partial charge is 0.338 e. The Morgan fingerprint density at radius 2 is 1.31 bits per heavy atom. The van der Waals surface area contributed by atoms with Crippen molar-refractivity contribution in [2.75, 3.05) is 0 Å². The molecule has 3 nitrogen and oxygen atoms in total. The number of fused-ring (bicyclic) bond motifs is 2. The van der Waals surface area contributed by atoms with Crippen LogP contribution in [0.15, 0.2) is 36.4 Å². The van der Waals surface area contributed by atoms with Gasteiger partial charge in [-0.1, -0.05) is 18.2 Å². The number of rotatable bonds is 4. The molecule has 134 valence electrons. The SMILES string of the molecule is C[C@@H](OC(=O)c1ccc2c(c1)CCCC2)C(=O)c1ccc2c(c1)CCC2. The highest BCUT2D eigenvalue weighted by Crippen LogP contribution is 2.25. The maximum Gasteiger partial charge on any atom is 0.338 e. The molecule has 0 spiro atoms. The van der Waals surface area contributed by atoms with Gasteiger partial charge >= 0.3 is 5.97 Å². The van der Waals surface area contributed by atoms with E-state index in [-0.39, 0.29) is 5.78 Å². The minimum Gasteiger partial charge on any atom is -0.451 e. The molecule has 0 saturated carbocycles. The minimum atomic E-state index is -0.780. The zero-order chi connectivity index (χ0) is 18.1. The van der Waals surface area contributed by atoms with Crippen molar-refractivity contribution in [2.24, 2.45) is 0 Å². The van der Waals surface area contributed by atoms with Gasteiger partial charge < -0.3 is 4.74 Å². The van der Waals surface area contributed by atoms with Crippen molar-refractivity contribution < 1.29 is 14.3 Å². The van der Waals surface area contributed by atoms with Gasteiger partial charge in [0, 0.05) is 5.56 Å². The van der Waals surface area contributed by atoms with E-state index >= 15 is 0 Å². The Balaban J connectivity index is 1.46. The fourth-order valence-electron chi connectivity index (χ4n) is 4.10. The first-order valence-electron chi connectivity index (χ1n) is 9.60. The zero-order valence-electron chi connectivity index (χ0n) is 15.2. The summed E-state index contributed by atoms with van der Waals surface area (Å²) in [6.45, 7) is 1.66. The molecule has 3 heteroatoms. The first kappa shape index (κ1) is 17.0. The van der Waals surface area contributed by atoms with E-state index in [0.29, 0.717) is 11.1 Å². The first-order chi connectivity index (χ1) is 12.6. The van der Waals surface area contributed by atoms with Crippen LogP contribution in [0.2, 0.25) is 0 Å². The fourth-order valence-corrected chi connectivity index (χ4v) is 4.10. The second kappa shape index (κ2) is 7.06. The second-order valence-corrected chi connectivity index (χ2v) is 7.44. The van der Waals surface area contributed by atoms with Crippen molar-refractivity contribution >= 4 is 11.8 Å². The summed E-state index contributed by atoms with van der Waals surface area (Å²) in [5, 5.41) is 0. The van der Waals surface area contributed by atoms with Crippen LogP contribution in [-0.2, 0) is 30.4 Å². The second-order valence-electron chi connectivity index (χ2n) is 7.44. The summed E-state index contributed by atoms with van der Waals surface area (Å²) >= 11 is 0. The number of ether oxygens (including phenoxy) is 1. The van der Waals surface area contributed by atoms with E-state index in [1.165, 1.54) is 35.1 Å². The molecule has 2 aromatic carbocycles. The average molecular weight is 348 g/mol. The fraction of sp³-hybridized carbons (Fsp3) is 0.391. The molecule has 2 aliphatic carbocycles. The summed E-state index contributed by atoms with van der Waals surface area (Å²) in [5.74, 6) is -0.550. The average Bonchev–Trinajstić information content (AvgIpc) is 3.14. The molecular formula is C23H24O3. The first-order valence-corrected chi connectivity index (χ1v) is 9.60. The molecule has 0 aromatic heterocycles. The van der Waals surface area contributed by atoms with Crippen LogP contribution in [0.3, 0.4) is 0 Å². The standard InChI is InChI=1S/C23H24O3/c1-15(22(24)20-11-9-17-7-4-8-19(17)13-20)26-23(25)21-12-10-16-5-2-3-6-18(16)14-21/h9-15H,2-8H2,1H3/t15-/m1/s1. The van der Waals surface area contributed by atoms with Gasteiger partial charge in [-0.2, -0.15) is 0 Å². The number of esters is 1. The number of carbonyl (C=O) groups is 2. The Morgan fingerprint density at radius 3 is 2.04 bits per heavy atom. The van der Waals surface area contributed by atoms with Gasteiger partial charge in [0.15, 0.2) is 6.10 Å². The predicted molar refractivity (Wildman–Crippen MR) is 101 cm³/mol. The molecule has 0 unspecified atom stereocenters. The number of Topliss-reactive ketones (excluding diaryl/α,β-unsaturated/α-hetero) is 1. The molecule has 2 aromatic rings. The molecule has 1 atom stereocenters. The lowest BCUT2D eigenvalue weighted by molar-refractivity contribution is 0.0318. The summed E-state index contributed by atoms with van der Waals surface area (Å²) in [7, 11) is 0. The lowest BCUT2D eigenvalue weighted by Crippen LogP contribution is -2.24. The maximum absolute atomic E-state index is 12.7. The third-order valence-corrected chi connectivity index (χ3v) is 5.62. The van der Waals surface area contributed by atoms with Crippen LogP contribution < -0.4 is 0 Å². The number of hydrogen-bond donors (Lipinski definition) is 0.